The van der Waals surface area contributed by atoms with E-state index in [4.69, 9.17) is 11.6 Å². The maximum Gasteiger partial charge on any atom is 0.243 e. The summed E-state index contributed by atoms with van der Waals surface area (Å²) in [7, 11) is 0. The van der Waals surface area contributed by atoms with Crippen LogP contribution in [0, 0.1) is 5.82 Å². The lowest BCUT2D eigenvalue weighted by Crippen LogP contribution is -2.30. The molecule has 0 saturated carbocycles. The maximum atomic E-state index is 14.1. The normalized spacial score (nSPS) is 16.8. The van der Waals surface area contributed by atoms with Crippen molar-refractivity contribution in [1.82, 2.24) is 0 Å². The van der Waals surface area contributed by atoms with E-state index in [1.54, 1.807) is 6.07 Å². The van der Waals surface area contributed by atoms with Crippen LogP contribution in [0.2, 0.25) is 5.02 Å². The number of carbonyl (C=O) groups excluding carboxylic acids is 1. The molecule has 0 bridgehead atoms. The predicted molar refractivity (Wildman–Crippen MR) is 84.9 cm³/mol. The molecule has 0 unspecified atom stereocenters. The van der Waals surface area contributed by atoms with Crippen LogP contribution in [0.4, 0.5) is 15.8 Å². The molecule has 2 aromatic carbocycles. The van der Waals surface area contributed by atoms with E-state index in [0.29, 0.717) is 10.9 Å². The smallest absolute Gasteiger partial charge is 0.243 e. The molecule has 3 rings (SSSR count). The highest BCUT2D eigenvalue weighted by Gasteiger charge is 2.32. The first-order valence-electron chi connectivity index (χ1n) is 6.20. The number of aliphatic imine (C=N–C) groups is 1. The van der Waals surface area contributed by atoms with Crippen LogP contribution in [0.1, 0.15) is 0 Å². The Hall–Kier alpha value is -1.85. The second-order valence-electron chi connectivity index (χ2n) is 4.32. The molecular formula is C15H10ClFN2OS. The topological polar surface area (TPSA) is 32.7 Å². The molecule has 6 heteroatoms. The van der Waals surface area contributed by atoms with Crippen molar-refractivity contribution in [2.24, 2.45) is 4.99 Å². The van der Waals surface area contributed by atoms with Crippen LogP contribution in [-0.4, -0.2) is 16.8 Å². The quantitative estimate of drug-likeness (QED) is 0.828. The van der Waals surface area contributed by atoms with Crippen LogP contribution in [-0.2, 0) is 4.79 Å². The van der Waals surface area contributed by atoms with Crippen LogP contribution in [0.3, 0.4) is 0 Å². The minimum atomic E-state index is -0.615. The fourth-order valence-electron chi connectivity index (χ4n) is 1.96. The molecule has 2 aromatic rings. The fourth-order valence-corrected chi connectivity index (χ4v) is 3.01. The Morgan fingerprint density at radius 1 is 1.14 bits per heavy atom. The van der Waals surface area contributed by atoms with Crippen LogP contribution >= 0.6 is 23.4 Å². The van der Waals surface area contributed by atoms with E-state index in [2.05, 4.69) is 4.99 Å². The summed E-state index contributed by atoms with van der Waals surface area (Å²) in [4.78, 5) is 17.7. The van der Waals surface area contributed by atoms with Gasteiger partial charge in [0.1, 0.15) is 0 Å². The van der Waals surface area contributed by atoms with Gasteiger partial charge in [-0.05, 0) is 24.3 Å². The Labute approximate surface area is 130 Å². The van der Waals surface area contributed by atoms with Crippen molar-refractivity contribution in [1.29, 1.82) is 0 Å². The lowest BCUT2D eigenvalue weighted by atomic mass is 10.3. The van der Waals surface area contributed by atoms with E-state index in [0.717, 1.165) is 0 Å². The summed E-state index contributed by atoms with van der Waals surface area (Å²) in [5, 5.41) is 0.434. The van der Waals surface area contributed by atoms with Gasteiger partial charge in [0.2, 0.25) is 5.91 Å². The van der Waals surface area contributed by atoms with Crippen molar-refractivity contribution in [3.8, 4) is 0 Å². The summed E-state index contributed by atoms with van der Waals surface area (Å²) in [5.74, 6) is -0.593. The molecule has 1 saturated heterocycles. The van der Waals surface area contributed by atoms with Gasteiger partial charge in [0.25, 0.3) is 0 Å². The van der Waals surface area contributed by atoms with Gasteiger partial charge in [-0.25, -0.2) is 9.38 Å². The summed E-state index contributed by atoms with van der Waals surface area (Å²) < 4.78 is 14.1. The minimum Gasteiger partial charge on any atom is -0.273 e. The number of anilines is 1. The van der Waals surface area contributed by atoms with Crippen molar-refractivity contribution in [3.63, 3.8) is 0 Å². The second-order valence-corrected chi connectivity index (χ2v) is 5.67. The predicted octanol–water partition coefficient (Wildman–Crippen LogP) is 4.25. The number of hydrogen-bond donors (Lipinski definition) is 0. The molecule has 0 aromatic heterocycles. The van der Waals surface area contributed by atoms with E-state index < -0.39 is 5.82 Å². The van der Waals surface area contributed by atoms with Gasteiger partial charge >= 0.3 is 0 Å². The van der Waals surface area contributed by atoms with E-state index in [9.17, 15) is 9.18 Å². The first-order chi connectivity index (χ1) is 10.2. The first-order valence-corrected chi connectivity index (χ1v) is 7.56. The van der Waals surface area contributed by atoms with Crippen molar-refractivity contribution in [2.75, 3.05) is 10.7 Å². The molecule has 1 heterocycles. The number of carbonyl (C=O) groups is 1. The standard InChI is InChI=1S/C15H10ClFN2OS/c16-11-7-4-8-12(14(11)17)19-13(20)9-21-15(19)18-10-5-2-1-3-6-10/h1-8H,9H2. The molecule has 106 valence electrons. The SMILES string of the molecule is O=C1CSC(=Nc2ccccc2)N1c1cccc(Cl)c1F. The Bertz CT molecular complexity index is 721. The Kier molecular flexibility index (Phi) is 3.94. The van der Waals surface area contributed by atoms with E-state index in [1.807, 2.05) is 30.3 Å². The molecule has 1 amide bonds. The maximum absolute atomic E-state index is 14.1. The highest BCUT2D eigenvalue weighted by atomic mass is 35.5. The summed E-state index contributed by atoms with van der Waals surface area (Å²) in [6.07, 6.45) is 0. The summed E-state index contributed by atoms with van der Waals surface area (Å²) in [6, 6.07) is 13.8. The third kappa shape index (κ3) is 2.80. The Morgan fingerprint density at radius 2 is 1.90 bits per heavy atom. The molecule has 0 spiro atoms. The molecule has 21 heavy (non-hydrogen) atoms. The second kappa shape index (κ2) is 5.87. The Morgan fingerprint density at radius 3 is 2.67 bits per heavy atom. The van der Waals surface area contributed by atoms with Gasteiger partial charge in [0, 0.05) is 0 Å². The highest BCUT2D eigenvalue weighted by molar-refractivity contribution is 8.15. The molecule has 3 nitrogen and oxygen atoms in total. The van der Waals surface area contributed by atoms with Gasteiger partial charge in [-0.1, -0.05) is 47.6 Å². The lowest BCUT2D eigenvalue weighted by molar-refractivity contribution is -0.115. The summed E-state index contributed by atoms with van der Waals surface area (Å²) in [5.41, 5.74) is 0.842. The third-order valence-corrected chi connectivity index (χ3v) is 4.13. The largest absolute Gasteiger partial charge is 0.273 e. The van der Waals surface area contributed by atoms with Crippen molar-refractivity contribution in [3.05, 3.63) is 59.4 Å². The molecule has 1 aliphatic heterocycles. The molecule has 1 fully saturated rings. The monoisotopic (exact) mass is 320 g/mol. The third-order valence-electron chi connectivity index (χ3n) is 2.92. The number of benzene rings is 2. The number of amidine groups is 1. The van der Waals surface area contributed by atoms with E-state index in [-0.39, 0.29) is 22.4 Å². The highest BCUT2D eigenvalue weighted by Crippen LogP contribution is 2.32. The van der Waals surface area contributed by atoms with Crippen molar-refractivity contribution < 1.29 is 9.18 Å². The van der Waals surface area contributed by atoms with E-state index in [1.165, 1.54) is 28.8 Å². The lowest BCUT2D eigenvalue weighted by Gasteiger charge is -2.17. The zero-order chi connectivity index (χ0) is 14.8. The Balaban J connectivity index is 2.04. The molecule has 0 radical (unpaired) electrons. The molecule has 0 aliphatic carbocycles. The molecule has 0 atom stereocenters. The van der Waals surface area contributed by atoms with Gasteiger partial charge in [0.05, 0.1) is 22.2 Å². The van der Waals surface area contributed by atoms with Crippen LogP contribution in [0.15, 0.2) is 53.5 Å². The number of thioether (sulfide) groups is 1. The van der Waals surface area contributed by atoms with Crippen LogP contribution < -0.4 is 4.90 Å². The van der Waals surface area contributed by atoms with Crippen LogP contribution in [0.5, 0.6) is 0 Å². The average Bonchev–Trinajstić information content (AvgIpc) is 2.84. The van der Waals surface area contributed by atoms with Crippen LogP contribution in [0.25, 0.3) is 0 Å². The fraction of sp³-hybridized carbons (Fsp3) is 0.0667. The van der Waals surface area contributed by atoms with Gasteiger partial charge in [-0.3, -0.25) is 9.69 Å². The summed E-state index contributed by atoms with van der Waals surface area (Å²) >= 11 is 7.07. The number of hydrogen-bond acceptors (Lipinski definition) is 3. The van der Waals surface area contributed by atoms with Gasteiger partial charge in [0.15, 0.2) is 11.0 Å². The van der Waals surface area contributed by atoms with Crippen molar-refractivity contribution in [2.45, 2.75) is 0 Å². The molecular weight excluding hydrogens is 311 g/mol. The first kappa shape index (κ1) is 14.1. The average molecular weight is 321 g/mol. The number of para-hydroxylation sites is 1. The number of rotatable bonds is 2. The molecule has 0 N–H and O–H groups in total. The number of amides is 1. The number of nitrogens with zero attached hydrogens (tertiary/aromatic N) is 2. The zero-order valence-electron chi connectivity index (χ0n) is 10.8. The number of halogens is 2. The van der Waals surface area contributed by atoms with Gasteiger partial charge in [-0.2, -0.15) is 0 Å². The molecule has 1 aliphatic rings. The van der Waals surface area contributed by atoms with Gasteiger partial charge in [-0.15, -0.1) is 0 Å². The minimum absolute atomic E-state index is 0.0174. The van der Waals surface area contributed by atoms with Gasteiger partial charge < -0.3 is 0 Å². The van der Waals surface area contributed by atoms with E-state index >= 15 is 0 Å². The summed E-state index contributed by atoms with van der Waals surface area (Å²) in [6.45, 7) is 0. The zero-order valence-corrected chi connectivity index (χ0v) is 12.4. The van der Waals surface area contributed by atoms with Crippen molar-refractivity contribution >= 4 is 45.8 Å².